The molecule has 29 heavy (non-hydrogen) atoms. The van der Waals surface area contributed by atoms with Gasteiger partial charge in [-0.25, -0.2) is 4.98 Å². The van der Waals surface area contributed by atoms with Crippen LogP contribution in [-0.2, 0) is 17.6 Å². The minimum atomic E-state index is -0.0714. The number of amides is 1. The van der Waals surface area contributed by atoms with Gasteiger partial charge in [-0.1, -0.05) is 24.3 Å². The van der Waals surface area contributed by atoms with Crippen molar-refractivity contribution in [3.8, 4) is 17.2 Å². The van der Waals surface area contributed by atoms with Gasteiger partial charge in [0.05, 0.1) is 24.8 Å². The Labute approximate surface area is 171 Å². The van der Waals surface area contributed by atoms with E-state index < -0.39 is 0 Å². The maximum Gasteiger partial charge on any atom is 0.230 e. The molecule has 3 rings (SSSR count). The molecule has 3 aromatic rings. The molecule has 1 N–H and O–H groups in total. The summed E-state index contributed by atoms with van der Waals surface area (Å²) in [7, 11) is 5.64. The fourth-order valence-corrected chi connectivity index (χ4v) is 3.05. The number of benzene rings is 2. The van der Waals surface area contributed by atoms with Crippen molar-refractivity contribution in [2.75, 3.05) is 32.6 Å². The van der Waals surface area contributed by atoms with Gasteiger partial charge >= 0.3 is 0 Å². The van der Waals surface area contributed by atoms with Crippen LogP contribution in [0.25, 0.3) is 11.5 Å². The second-order valence-electron chi connectivity index (χ2n) is 7.06. The number of nitrogens with zero attached hydrogens (tertiary/aromatic N) is 2. The number of anilines is 1. The summed E-state index contributed by atoms with van der Waals surface area (Å²) in [4.78, 5) is 18.9. The van der Waals surface area contributed by atoms with Crippen LogP contribution in [0.15, 0.2) is 52.9 Å². The molecule has 0 bridgehead atoms. The number of oxazole rings is 1. The highest BCUT2D eigenvalue weighted by atomic mass is 16.5. The van der Waals surface area contributed by atoms with Crippen LogP contribution < -0.4 is 15.0 Å². The van der Waals surface area contributed by atoms with E-state index in [1.165, 1.54) is 5.56 Å². The van der Waals surface area contributed by atoms with Crippen molar-refractivity contribution in [1.82, 2.24) is 10.3 Å². The highest BCUT2D eigenvalue weighted by Gasteiger charge is 2.17. The normalized spacial score (nSPS) is 10.6. The number of rotatable bonds is 8. The smallest absolute Gasteiger partial charge is 0.230 e. The van der Waals surface area contributed by atoms with E-state index in [9.17, 15) is 4.79 Å². The monoisotopic (exact) mass is 393 g/mol. The van der Waals surface area contributed by atoms with E-state index in [0.717, 1.165) is 17.7 Å². The molecule has 0 aliphatic rings. The van der Waals surface area contributed by atoms with Gasteiger partial charge in [-0.05, 0) is 43.2 Å². The standard InChI is InChI=1S/C23H27N3O3/c1-16-20(25-23(29-16)19-7-5-6-8-21(19)28-4)15-22(27)24-14-13-17-9-11-18(12-10-17)26(2)3/h5-12H,13-15H2,1-4H3,(H,24,27). The first-order valence-electron chi connectivity index (χ1n) is 9.60. The Morgan fingerprint density at radius 1 is 1.14 bits per heavy atom. The van der Waals surface area contributed by atoms with Crippen molar-refractivity contribution in [2.45, 2.75) is 19.8 Å². The molecule has 0 radical (unpaired) electrons. The highest BCUT2D eigenvalue weighted by molar-refractivity contribution is 5.78. The van der Waals surface area contributed by atoms with Crippen molar-refractivity contribution >= 4 is 11.6 Å². The number of aromatic nitrogens is 1. The van der Waals surface area contributed by atoms with Crippen molar-refractivity contribution in [3.63, 3.8) is 0 Å². The Hall–Kier alpha value is -3.28. The first kappa shape index (κ1) is 20.5. The summed E-state index contributed by atoms with van der Waals surface area (Å²) in [6, 6.07) is 15.9. The maximum atomic E-state index is 12.3. The summed E-state index contributed by atoms with van der Waals surface area (Å²) in [5.41, 5.74) is 3.75. The Balaban J connectivity index is 1.56. The molecule has 0 unspecified atom stereocenters. The average molecular weight is 393 g/mol. The van der Waals surface area contributed by atoms with Crippen LogP contribution in [0.1, 0.15) is 17.0 Å². The first-order valence-corrected chi connectivity index (χ1v) is 9.60. The molecule has 6 nitrogen and oxygen atoms in total. The van der Waals surface area contributed by atoms with Gasteiger partial charge in [-0.3, -0.25) is 4.79 Å². The van der Waals surface area contributed by atoms with Crippen molar-refractivity contribution < 1.29 is 13.9 Å². The molecule has 1 aromatic heterocycles. The van der Waals surface area contributed by atoms with Crippen molar-refractivity contribution in [2.24, 2.45) is 0 Å². The summed E-state index contributed by atoms with van der Waals surface area (Å²) in [6.45, 7) is 2.40. The molecule has 0 saturated carbocycles. The Morgan fingerprint density at radius 2 is 1.86 bits per heavy atom. The number of para-hydroxylation sites is 1. The zero-order valence-corrected chi connectivity index (χ0v) is 17.4. The van der Waals surface area contributed by atoms with Gasteiger partial charge in [-0.2, -0.15) is 0 Å². The zero-order chi connectivity index (χ0) is 20.8. The van der Waals surface area contributed by atoms with Gasteiger partial charge in [0.25, 0.3) is 0 Å². The van der Waals surface area contributed by atoms with Crippen LogP contribution in [0, 0.1) is 6.92 Å². The van der Waals surface area contributed by atoms with E-state index in [1.807, 2.05) is 45.3 Å². The number of carbonyl (C=O) groups excluding carboxylic acids is 1. The third-order valence-electron chi connectivity index (χ3n) is 4.75. The van der Waals surface area contributed by atoms with Gasteiger partial charge in [0, 0.05) is 26.3 Å². The molecule has 0 aliphatic heterocycles. The Bertz CT molecular complexity index is 962. The minimum Gasteiger partial charge on any atom is -0.496 e. The summed E-state index contributed by atoms with van der Waals surface area (Å²) in [6.07, 6.45) is 0.966. The maximum absolute atomic E-state index is 12.3. The lowest BCUT2D eigenvalue weighted by molar-refractivity contribution is -0.120. The summed E-state index contributed by atoms with van der Waals surface area (Å²) in [5, 5.41) is 2.96. The van der Waals surface area contributed by atoms with E-state index in [4.69, 9.17) is 9.15 Å². The molecule has 1 heterocycles. The molecule has 6 heteroatoms. The number of hydrogen-bond donors (Lipinski definition) is 1. The largest absolute Gasteiger partial charge is 0.496 e. The SMILES string of the molecule is COc1ccccc1-c1nc(CC(=O)NCCc2ccc(N(C)C)cc2)c(C)o1. The Kier molecular flexibility index (Phi) is 6.54. The number of carbonyl (C=O) groups is 1. The molecular formula is C23H27N3O3. The van der Waals surface area contributed by atoms with E-state index in [-0.39, 0.29) is 12.3 Å². The van der Waals surface area contributed by atoms with Crippen LogP contribution >= 0.6 is 0 Å². The predicted molar refractivity (Wildman–Crippen MR) is 114 cm³/mol. The zero-order valence-electron chi connectivity index (χ0n) is 17.4. The molecule has 0 fully saturated rings. The molecule has 0 atom stereocenters. The van der Waals surface area contributed by atoms with Crippen LogP contribution in [0.3, 0.4) is 0 Å². The van der Waals surface area contributed by atoms with Gasteiger partial charge in [-0.15, -0.1) is 0 Å². The summed E-state index contributed by atoms with van der Waals surface area (Å²) < 4.78 is 11.1. The molecule has 2 aromatic carbocycles. The lowest BCUT2D eigenvalue weighted by atomic mass is 10.1. The third kappa shape index (κ3) is 5.16. The topological polar surface area (TPSA) is 67.6 Å². The fourth-order valence-electron chi connectivity index (χ4n) is 3.05. The molecule has 0 aliphatic carbocycles. The number of ether oxygens (including phenoxy) is 1. The van der Waals surface area contributed by atoms with E-state index in [1.54, 1.807) is 7.11 Å². The van der Waals surface area contributed by atoms with Crippen LogP contribution in [0.2, 0.25) is 0 Å². The predicted octanol–water partition coefficient (Wildman–Crippen LogP) is 3.63. The van der Waals surface area contributed by atoms with E-state index in [2.05, 4.69) is 39.5 Å². The number of hydrogen-bond acceptors (Lipinski definition) is 5. The van der Waals surface area contributed by atoms with Gasteiger partial charge in [0.2, 0.25) is 11.8 Å². The lowest BCUT2D eigenvalue weighted by Crippen LogP contribution is -2.27. The quantitative estimate of drug-likeness (QED) is 0.633. The number of nitrogens with one attached hydrogen (secondary N) is 1. The van der Waals surface area contributed by atoms with Crippen LogP contribution in [0.4, 0.5) is 5.69 Å². The summed E-state index contributed by atoms with van der Waals surface area (Å²) in [5.74, 6) is 1.71. The molecule has 1 amide bonds. The number of aryl methyl sites for hydroxylation is 1. The van der Waals surface area contributed by atoms with Crippen molar-refractivity contribution in [1.29, 1.82) is 0 Å². The van der Waals surface area contributed by atoms with Crippen LogP contribution in [0.5, 0.6) is 5.75 Å². The summed E-state index contributed by atoms with van der Waals surface area (Å²) >= 11 is 0. The third-order valence-corrected chi connectivity index (χ3v) is 4.75. The fraction of sp³-hybridized carbons (Fsp3) is 0.304. The van der Waals surface area contributed by atoms with Crippen molar-refractivity contribution in [3.05, 3.63) is 65.5 Å². The van der Waals surface area contributed by atoms with Gasteiger partial charge in [0.15, 0.2) is 0 Å². The van der Waals surface area contributed by atoms with Crippen LogP contribution in [-0.4, -0.2) is 38.6 Å². The second-order valence-corrected chi connectivity index (χ2v) is 7.06. The molecule has 0 spiro atoms. The van der Waals surface area contributed by atoms with E-state index in [0.29, 0.717) is 29.6 Å². The average Bonchev–Trinajstić information content (AvgIpc) is 3.08. The molecule has 0 saturated heterocycles. The van der Waals surface area contributed by atoms with Gasteiger partial charge < -0.3 is 19.4 Å². The second kappa shape index (κ2) is 9.28. The van der Waals surface area contributed by atoms with E-state index >= 15 is 0 Å². The molecular weight excluding hydrogens is 366 g/mol. The highest BCUT2D eigenvalue weighted by Crippen LogP contribution is 2.30. The minimum absolute atomic E-state index is 0.0714. The first-order chi connectivity index (χ1) is 14.0. The Morgan fingerprint density at radius 3 is 2.55 bits per heavy atom. The lowest BCUT2D eigenvalue weighted by Gasteiger charge is -2.12. The molecule has 152 valence electrons. The van der Waals surface area contributed by atoms with Gasteiger partial charge in [0.1, 0.15) is 11.5 Å². The number of methoxy groups -OCH3 is 1.